The number of aromatic hydroxyl groups is 1. The SMILES string of the molecule is CSc1cccc(NCc2c(O)cccc2Cl)c1. The molecule has 0 aliphatic carbocycles. The van der Waals surface area contributed by atoms with Crippen LogP contribution in [0.5, 0.6) is 5.75 Å². The fourth-order valence-electron chi connectivity index (χ4n) is 1.65. The molecule has 2 aromatic carbocycles. The summed E-state index contributed by atoms with van der Waals surface area (Å²) in [7, 11) is 0. The number of phenols is 1. The van der Waals surface area contributed by atoms with E-state index in [0.717, 1.165) is 5.69 Å². The molecule has 0 aromatic heterocycles. The summed E-state index contributed by atoms with van der Waals surface area (Å²) in [4.78, 5) is 1.20. The van der Waals surface area contributed by atoms with Crippen molar-refractivity contribution in [3.8, 4) is 5.75 Å². The number of benzene rings is 2. The Balaban J connectivity index is 2.11. The molecule has 0 radical (unpaired) electrons. The van der Waals surface area contributed by atoms with E-state index in [9.17, 15) is 5.11 Å². The topological polar surface area (TPSA) is 32.3 Å². The van der Waals surface area contributed by atoms with Crippen molar-refractivity contribution in [3.63, 3.8) is 0 Å². The van der Waals surface area contributed by atoms with Gasteiger partial charge in [0, 0.05) is 27.7 Å². The first-order valence-corrected chi connectivity index (χ1v) is 7.15. The fourth-order valence-corrected chi connectivity index (χ4v) is 2.34. The molecule has 0 saturated heterocycles. The van der Waals surface area contributed by atoms with Crippen molar-refractivity contribution in [3.05, 3.63) is 53.1 Å². The normalized spacial score (nSPS) is 10.3. The van der Waals surface area contributed by atoms with Gasteiger partial charge in [0.2, 0.25) is 0 Å². The summed E-state index contributed by atoms with van der Waals surface area (Å²) in [5.41, 5.74) is 1.73. The average molecular weight is 280 g/mol. The summed E-state index contributed by atoms with van der Waals surface area (Å²) in [5.74, 6) is 0.219. The quantitative estimate of drug-likeness (QED) is 0.815. The molecular weight excluding hydrogens is 266 g/mol. The number of anilines is 1. The van der Waals surface area contributed by atoms with Crippen LogP contribution >= 0.6 is 23.4 Å². The molecule has 0 atom stereocenters. The Hall–Kier alpha value is -1.32. The lowest BCUT2D eigenvalue weighted by molar-refractivity contribution is 0.469. The summed E-state index contributed by atoms with van der Waals surface area (Å²) in [6, 6.07) is 13.3. The van der Waals surface area contributed by atoms with Crippen molar-refractivity contribution in [1.82, 2.24) is 0 Å². The van der Waals surface area contributed by atoms with E-state index in [1.54, 1.807) is 30.0 Å². The van der Waals surface area contributed by atoms with Crippen LogP contribution in [0, 0.1) is 0 Å². The molecule has 94 valence electrons. The van der Waals surface area contributed by atoms with E-state index in [4.69, 9.17) is 11.6 Å². The second kappa shape index (κ2) is 6.03. The van der Waals surface area contributed by atoms with Crippen molar-refractivity contribution in [2.75, 3.05) is 11.6 Å². The predicted molar refractivity (Wildman–Crippen MR) is 78.7 cm³/mol. The first kappa shape index (κ1) is 13.1. The monoisotopic (exact) mass is 279 g/mol. The van der Waals surface area contributed by atoms with Gasteiger partial charge in [0.1, 0.15) is 5.75 Å². The van der Waals surface area contributed by atoms with Crippen molar-refractivity contribution in [2.24, 2.45) is 0 Å². The third kappa shape index (κ3) is 3.12. The highest BCUT2D eigenvalue weighted by Gasteiger charge is 2.05. The van der Waals surface area contributed by atoms with Gasteiger partial charge in [-0.25, -0.2) is 0 Å². The zero-order valence-corrected chi connectivity index (χ0v) is 11.6. The summed E-state index contributed by atoms with van der Waals surface area (Å²) in [6.45, 7) is 0.503. The molecule has 0 unspecified atom stereocenters. The molecule has 0 heterocycles. The number of nitrogens with one attached hydrogen (secondary N) is 1. The second-order valence-corrected chi connectivity index (χ2v) is 5.11. The first-order chi connectivity index (χ1) is 8.70. The molecule has 4 heteroatoms. The maximum absolute atomic E-state index is 9.74. The molecule has 2 nitrogen and oxygen atoms in total. The van der Waals surface area contributed by atoms with Gasteiger partial charge in [-0.1, -0.05) is 23.7 Å². The van der Waals surface area contributed by atoms with E-state index in [-0.39, 0.29) is 5.75 Å². The molecule has 2 aromatic rings. The van der Waals surface area contributed by atoms with Gasteiger partial charge in [-0.3, -0.25) is 0 Å². The summed E-state index contributed by atoms with van der Waals surface area (Å²) < 4.78 is 0. The number of rotatable bonds is 4. The van der Waals surface area contributed by atoms with E-state index in [0.29, 0.717) is 17.1 Å². The number of thioether (sulfide) groups is 1. The molecule has 0 bridgehead atoms. The molecule has 0 amide bonds. The minimum atomic E-state index is 0.219. The van der Waals surface area contributed by atoms with Gasteiger partial charge in [0.25, 0.3) is 0 Å². The zero-order valence-electron chi connectivity index (χ0n) is 9.98. The number of hydrogen-bond donors (Lipinski definition) is 2. The lowest BCUT2D eigenvalue weighted by Gasteiger charge is -2.10. The maximum Gasteiger partial charge on any atom is 0.122 e. The van der Waals surface area contributed by atoms with Gasteiger partial charge in [0.05, 0.1) is 0 Å². The molecule has 2 N–H and O–H groups in total. The van der Waals surface area contributed by atoms with E-state index >= 15 is 0 Å². The molecule has 0 spiro atoms. The largest absolute Gasteiger partial charge is 0.508 e. The third-order valence-corrected chi connectivity index (χ3v) is 3.71. The van der Waals surface area contributed by atoms with Crippen LogP contribution in [0.4, 0.5) is 5.69 Å². The number of phenolic OH excluding ortho intramolecular Hbond substituents is 1. The Labute approximate surface area is 116 Å². The number of hydrogen-bond acceptors (Lipinski definition) is 3. The predicted octanol–water partition coefficient (Wildman–Crippen LogP) is 4.38. The Morgan fingerprint density at radius 1 is 1.22 bits per heavy atom. The van der Waals surface area contributed by atoms with Crippen LogP contribution in [0.1, 0.15) is 5.56 Å². The third-order valence-electron chi connectivity index (χ3n) is 2.63. The standard InChI is InChI=1S/C14H14ClNOS/c1-18-11-5-2-4-10(8-11)16-9-12-13(15)6-3-7-14(12)17/h2-8,16-17H,9H2,1H3. The van der Waals surface area contributed by atoms with Crippen LogP contribution in [0.2, 0.25) is 5.02 Å². The van der Waals surface area contributed by atoms with Crippen molar-refractivity contribution >= 4 is 29.1 Å². The Bertz CT molecular complexity index is 525. The van der Waals surface area contributed by atoms with Crippen LogP contribution in [-0.4, -0.2) is 11.4 Å². The zero-order chi connectivity index (χ0) is 13.0. The van der Waals surface area contributed by atoms with Gasteiger partial charge in [-0.05, 0) is 36.6 Å². The van der Waals surface area contributed by atoms with E-state index < -0.39 is 0 Å². The number of halogens is 1. The van der Waals surface area contributed by atoms with Crippen LogP contribution < -0.4 is 5.32 Å². The lowest BCUT2D eigenvalue weighted by atomic mass is 10.2. The minimum Gasteiger partial charge on any atom is -0.508 e. The average Bonchev–Trinajstić information content (AvgIpc) is 2.38. The molecule has 0 fully saturated rings. The second-order valence-electron chi connectivity index (χ2n) is 3.82. The summed E-state index contributed by atoms with van der Waals surface area (Å²) >= 11 is 7.75. The first-order valence-electron chi connectivity index (χ1n) is 5.55. The van der Waals surface area contributed by atoms with E-state index in [1.807, 2.05) is 18.4 Å². The minimum absolute atomic E-state index is 0.219. The molecule has 18 heavy (non-hydrogen) atoms. The Morgan fingerprint density at radius 2 is 2.00 bits per heavy atom. The Morgan fingerprint density at radius 3 is 2.72 bits per heavy atom. The maximum atomic E-state index is 9.74. The molecule has 2 rings (SSSR count). The fraction of sp³-hybridized carbons (Fsp3) is 0.143. The summed E-state index contributed by atoms with van der Waals surface area (Å²) in [5, 5.41) is 13.6. The van der Waals surface area contributed by atoms with Crippen LogP contribution in [-0.2, 0) is 6.54 Å². The van der Waals surface area contributed by atoms with Gasteiger partial charge in [-0.15, -0.1) is 11.8 Å². The van der Waals surface area contributed by atoms with Gasteiger partial charge >= 0.3 is 0 Å². The molecule has 0 aliphatic rings. The van der Waals surface area contributed by atoms with E-state index in [1.165, 1.54) is 4.90 Å². The highest BCUT2D eigenvalue weighted by Crippen LogP contribution is 2.26. The van der Waals surface area contributed by atoms with Gasteiger partial charge in [-0.2, -0.15) is 0 Å². The van der Waals surface area contributed by atoms with Crippen LogP contribution in [0.25, 0.3) is 0 Å². The van der Waals surface area contributed by atoms with Gasteiger partial charge < -0.3 is 10.4 Å². The smallest absolute Gasteiger partial charge is 0.122 e. The lowest BCUT2D eigenvalue weighted by Crippen LogP contribution is -2.00. The summed E-state index contributed by atoms with van der Waals surface area (Å²) in [6.07, 6.45) is 2.04. The van der Waals surface area contributed by atoms with Crippen LogP contribution in [0.3, 0.4) is 0 Å². The van der Waals surface area contributed by atoms with E-state index in [2.05, 4.69) is 17.4 Å². The Kier molecular flexibility index (Phi) is 4.39. The van der Waals surface area contributed by atoms with Crippen molar-refractivity contribution < 1.29 is 5.11 Å². The van der Waals surface area contributed by atoms with Crippen LogP contribution in [0.15, 0.2) is 47.4 Å². The molecular formula is C14H14ClNOS. The van der Waals surface area contributed by atoms with Gasteiger partial charge in [0.15, 0.2) is 0 Å². The van der Waals surface area contributed by atoms with Crippen molar-refractivity contribution in [1.29, 1.82) is 0 Å². The molecule has 0 saturated carbocycles. The highest BCUT2D eigenvalue weighted by molar-refractivity contribution is 7.98. The van der Waals surface area contributed by atoms with Crippen molar-refractivity contribution in [2.45, 2.75) is 11.4 Å². The highest BCUT2D eigenvalue weighted by atomic mass is 35.5. The molecule has 0 aliphatic heterocycles.